The number of nitrogens with zero attached hydrogens (tertiary/aromatic N) is 1. The van der Waals surface area contributed by atoms with Gasteiger partial charge in [-0.05, 0) is 36.8 Å². The van der Waals surface area contributed by atoms with Crippen LogP contribution in [0.25, 0.3) is 0 Å². The second-order valence-electron chi connectivity index (χ2n) is 3.65. The molecule has 0 spiro atoms. The van der Waals surface area contributed by atoms with Crippen LogP contribution in [0.5, 0.6) is 0 Å². The van der Waals surface area contributed by atoms with Crippen LogP contribution in [0, 0.1) is 12.7 Å². The van der Waals surface area contributed by atoms with Gasteiger partial charge in [0.15, 0.2) is 0 Å². The highest BCUT2D eigenvalue weighted by molar-refractivity contribution is 5.81. The summed E-state index contributed by atoms with van der Waals surface area (Å²) >= 11 is 0. The van der Waals surface area contributed by atoms with Crippen LogP contribution in [0.15, 0.2) is 53.5 Å². The summed E-state index contributed by atoms with van der Waals surface area (Å²) in [5.41, 5.74) is 2.83. The van der Waals surface area contributed by atoms with E-state index in [1.54, 1.807) is 12.3 Å². The molecular formula is C14H12FN. The third-order valence-corrected chi connectivity index (χ3v) is 2.25. The van der Waals surface area contributed by atoms with Crippen molar-refractivity contribution in [1.82, 2.24) is 0 Å². The monoisotopic (exact) mass is 213 g/mol. The Balaban J connectivity index is 2.18. The van der Waals surface area contributed by atoms with Crippen LogP contribution in [-0.4, -0.2) is 6.21 Å². The largest absolute Gasteiger partial charge is 0.256 e. The quantitative estimate of drug-likeness (QED) is 0.671. The van der Waals surface area contributed by atoms with E-state index >= 15 is 0 Å². The molecule has 2 rings (SSSR count). The van der Waals surface area contributed by atoms with Gasteiger partial charge in [-0.2, -0.15) is 0 Å². The maximum absolute atomic E-state index is 12.9. The molecule has 0 aliphatic rings. The molecule has 0 aliphatic carbocycles. The summed E-state index contributed by atoms with van der Waals surface area (Å²) < 4.78 is 12.9. The molecule has 0 amide bonds. The molecule has 0 fully saturated rings. The van der Waals surface area contributed by atoms with E-state index in [1.807, 2.05) is 37.3 Å². The number of benzene rings is 2. The Morgan fingerprint density at radius 3 is 2.50 bits per heavy atom. The summed E-state index contributed by atoms with van der Waals surface area (Å²) in [6, 6.07) is 14.2. The predicted octanol–water partition coefficient (Wildman–Crippen LogP) is 3.88. The molecule has 2 heteroatoms. The first kappa shape index (κ1) is 10.6. The van der Waals surface area contributed by atoms with Crippen LogP contribution in [0.4, 0.5) is 10.1 Å². The third-order valence-electron chi connectivity index (χ3n) is 2.25. The lowest BCUT2D eigenvalue weighted by molar-refractivity contribution is 0.627. The van der Waals surface area contributed by atoms with Gasteiger partial charge in [-0.1, -0.05) is 29.8 Å². The van der Waals surface area contributed by atoms with Crippen LogP contribution in [0.1, 0.15) is 11.1 Å². The Bertz CT molecular complexity index is 500. The van der Waals surface area contributed by atoms with Crippen LogP contribution in [0.2, 0.25) is 0 Å². The van der Waals surface area contributed by atoms with Crippen LogP contribution in [-0.2, 0) is 0 Å². The van der Waals surface area contributed by atoms with Gasteiger partial charge in [0.1, 0.15) is 5.82 Å². The molecule has 0 unspecified atom stereocenters. The van der Waals surface area contributed by atoms with Crippen LogP contribution in [0.3, 0.4) is 0 Å². The smallest absolute Gasteiger partial charge is 0.123 e. The van der Waals surface area contributed by atoms with E-state index in [0.717, 1.165) is 11.3 Å². The number of hydrogen-bond donors (Lipinski definition) is 0. The Hall–Kier alpha value is -1.96. The molecule has 0 aliphatic heterocycles. The summed E-state index contributed by atoms with van der Waals surface area (Å²) in [7, 11) is 0. The zero-order valence-corrected chi connectivity index (χ0v) is 9.02. The number of hydrogen-bond acceptors (Lipinski definition) is 1. The molecule has 0 N–H and O–H groups in total. The molecule has 0 saturated heterocycles. The van der Waals surface area contributed by atoms with Gasteiger partial charge < -0.3 is 0 Å². The molecule has 0 bridgehead atoms. The SMILES string of the molecule is Cc1ccc(N=Cc2cccc(F)c2)cc1. The lowest BCUT2D eigenvalue weighted by atomic mass is 10.2. The topological polar surface area (TPSA) is 12.4 Å². The fraction of sp³-hybridized carbons (Fsp3) is 0.0714. The molecule has 0 atom stereocenters. The van der Waals surface area contributed by atoms with Gasteiger partial charge in [-0.15, -0.1) is 0 Å². The van der Waals surface area contributed by atoms with Crippen molar-refractivity contribution in [2.45, 2.75) is 6.92 Å². The van der Waals surface area contributed by atoms with E-state index < -0.39 is 0 Å². The first-order chi connectivity index (χ1) is 7.74. The van der Waals surface area contributed by atoms with Crippen molar-refractivity contribution < 1.29 is 4.39 Å². The van der Waals surface area contributed by atoms with Crippen molar-refractivity contribution in [3.05, 3.63) is 65.5 Å². The van der Waals surface area contributed by atoms with Gasteiger partial charge in [0.2, 0.25) is 0 Å². The zero-order valence-electron chi connectivity index (χ0n) is 9.02. The van der Waals surface area contributed by atoms with E-state index in [-0.39, 0.29) is 5.82 Å². The van der Waals surface area contributed by atoms with Crippen molar-refractivity contribution in [2.24, 2.45) is 4.99 Å². The lowest BCUT2D eigenvalue weighted by Crippen LogP contribution is -1.81. The van der Waals surface area contributed by atoms with Gasteiger partial charge >= 0.3 is 0 Å². The lowest BCUT2D eigenvalue weighted by Gasteiger charge is -1.95. The number of halogens is 1. The summed E-state index contributed by atoms with van der Waals surface area (Å²) in [6.07, 6.45) is 1.66. The molecule has 0 radical (unpaired) electrons. The van der Waals surface area contributed by atoms with Gasteiger partial charge in [0, 0.05) is 6.21 Å². The first-order valence-electron chi connectivity index (χ1n) is 5.10. The number of aryl methyl sites for hydroxylation is 1. The van der Waals surface area contributed by atoms with Crippen molar-refractivity contribution in [3.8, 4) is 0 Å². The van der Waals surface area contributed by atoms with Gasteiger partial charge in [-0.25, -0.2) is 4.39 Å². The summed E-state index contributed by atoms with van der Waals surface area (Å²) in [5, 5.41) is 0. The van der Waals surface area contributed by atoms with Crippen molar-refractivity contribution in [3.63, 3.8) is 0 Å². The molecule has 80 valence electrons. The van der Waals surface area contributed by atoms with E-state index in [2.05, 4.69) is 4.99 Å². The predicted molar refractivity (Wildman–Crippen MR) is 64.8 cm³/mol. The van der Waals surface area contributed by atoms with Crippen molar-refractivity contribution >= 4 is 11.9 Å². The van der Waals surface area contributed by atoms with Crippen LogP contribution >= 0.6 is 0 Å². The Kier molecular flexibility index (Phi) is 3.10. The molecule has 2 aromatic carbocycles. The average molecular weight is 213 g/mol. The minimum Gasteiger partial charge on any atom is -0.256 e. The zero-order chi connectivity index (χ0) is 11.4. The van der Waals surface area contributed by atoms with E-state index in [1.165, 1.54) is 17.7 Å². The Labute approximate surface area is 94.3 Å². The second kappa shape index (κ2) is 4.71. The molecule has 1 nitrogen and oxygen atoms in total. The van der Waals surface area contributed by atoms with Gasteiger partial charge in [-0.3, -0.25) is 4.99 Å². The molecule has 0 aromatic heterocycles. The highest BCUT2D eigenvalue weighted by atomic mass is 19.1. The highest BCUT2D eigenvalue weighted by Crippen LogP contribution is 2.12. The van der Waals surface area contributed by atoms with Gasteiger partial charge in [0.05, 0.1) is 5.69 Å². The van der Waals surface area contributed by atoms with Crippen molar-refractivity contribution in [2.75, 3.05) is 0 Å². The van der Waals surface area contributed by atoms with E-state index in [4.69, 9.17) is 0 Å². The molecule has 2 aromatic rings. The van der Waals surface area contributed by atoms with Crippen LogP contribution < -0.4 is 0 Å². The maximum Gasteiger partial charge on any atom is 0.123 e. The normalized spacial score (nSPS) is 10.9. The molecule has 16 heavy (non-hydrogen) atoms. The molecular weight excluding hydrogens is 201 g/mol. The van der Waals surface area contributed by atoms with Crippen molar-refractivity contribution in [1.29, 1.82) is 0 Å². The summed E-state index contributed by atoms with van der Waals surface area (Å²) in [6.45, 7) is 2.03. The fourth-order valence-corrected chi connectivity index (χ4v) is 1.37. The summed E-state index contributed by atoms with van der Waals surface area (Å²) in [5.74, 6) is -0.243. The van der Waals surface area contributed by atoms with E-state index in [9.17, 15) is 4.39 Å². The first-order valence-corrected chi connectivity index (χ1v) is 5.10. The average Bonchev–Trinajstić information content (AvgIpc) is 2.28. The third kappa shape index (κ3) is 2.76. The Morgan fingerprint density at radius 2 is 1.81 bits per heavy atom. The number of rotatable bonds is 2. The maximum atomic E-state index is 12.9. The van der Waals surface area contributed by atoms with E-state index in [0.29, 0.717) is 0 Å². The molecule has 0 saturated carbocycles. The second-order valence-corrected chi connectivity index (χ2v) is 3.65. The highest BCUT2D eigenvalue weighted by Gasteiger charge is 1.91. The van der Waals surface area contributed by atoms with Gasteiger partial charge in [0.25, 0.3) is 0 Å². The standard InChI is InChI=1S/C14H12FN/c1-11-5-7-14(8-6-11)16-10-12-3-2-4-13(15)9-12/h2-10H,1H3. The minimum absolute atomic E-state index is 0.243. The Morgan fingerprint density at radius 1 is 1.06 bits per heavy atom. The minimum atomic E-state index is -0.243. The summed E-state index contributed by atoms with van der Waals surface area (Å²) in [4.78, 5) is 4.27. The number of aliphatic imine (C=N–C) groups is 1. The molecule has 0 heterocycles. The fourth-order valence-electron chi connectivity index (χ4n) is 1.37.